The van der Waals surface area contributed by atoms with Gasteiger partial charge in [-0.2, -0.15) is 0 Å². The summed E-state index contributed by atoms with van der Waals surface area (Å²) in [4.78, 5) is 27.1. The number of piperazine rings is 1. The standard InChI is InChI=1S/C21H26F2N6O2/c1-4-13-10-24-6-7-29(13)16-9-12(21(3,22)23)8-14(27-16)18-17-15(5-2)31-20(30)28-19(17)26-11-25-18/h8-9,11,13,15,24H,4-7,10H2,1-3H3,(H,25,26,28,30)/t13-,15?/m1/s1. The minimum absolute atomic E-state index is 0.137. The number of pyridine rings is 1. The molecule has 0 radical (unpaired) electrons. The zero-order valence-corrected chi connectivity index (χ0v) is 17.8. The van der Waals surface area contributed by atoms with Crippen LogP contribution in [0.4, 0.5) is 25.2 Å². The fraction of sp³-hybridized carbons (Fsp3) is 0.524. The number of carbonyl (C=O) groups excluding carboxylic acids is 1. The van der Waals surface area contributed by atoms with Gasteiger partial charge in [0.05, 0.1) is 11.3 Å². The molecule has 8 nitrogen and oxygen atoms in total. The van der Waals surface area contributed by atoms with Gasteiger partial charge in [0.2, 0.25) is 0 Å². The van der Waals surface area contributed by atoms with Crippen molar-refractivity contribution in [2.75, 3.05) is 29.9 Å². The van der Waals surface area contributed by atoms with Crippen LogP contribution >= 0.6 is 0 Å². The summed E-state index contributed by atoms with van der Waals surface area (Å²) < 4.78 is 34.3. The zero-order valence-electron chi connectivity index (χ0n) is 17.8. The van der Waals surface area contributed by atoms with Gasteiger partial charge in [-0.05, 0) is 25.0 Å². The number of anilines is 2. The molecule has 1 amide bonds. The van der Waals surface area contributed by atoms with Crippen LogP contribution in [-0.2, 0) is 10.7 Å². The van der Waals surface area contributed by atoms with Crippen LogP contribution in [0.25, 0.3) is 11.4 Å². The Morgan fingerprint density at radius 3 is 2.77 bits per heavy atom. The summed E-state index contributed by atoms with van der Waals surface area (Å²) in [7, 11) is 0. The Bertz CT molecular complexity index is 981. The average Bonchev–Trinajstić information content (AvgIpc) is 2.77. The quantitative estimate of drug-likeness (QED) is 0.741. The number of hydrogen-bond acceptors (Lipinski definition) is 7. The third-order valence-corrected chi connectivity index (χ3v) is 5.72. The van der Waals surface area contributed by atoms with E-state index in [1.54, 1.807) is 0 Å². The molecule has 2 aliphatic rings. The summed E-state index contributed by atoms with van der Waals surface area (Å²) in [5, 5.41) is 5.91. The number of fused-ring (bicyclic) bond motifs is 1. The molecule has 31 heavy (non-hydrogen) atoms. The van der Waals surface area contributed by atoms with E-state index in [4.69, 9.17) is 9.72 Å². The summed E-state index contributed by atoms with van der Waals surface area (Å²) in [6.07, 6.45) is 1.46. The highest BCUT2D eigenvalue weighted by atomic mass is 19.3. The number of amides is 1. The summed E-state index contributed by atoms with van der Waals surface area (Å²) in [6.45, 7) is 6.99. The van der Waals surface area contributed by atoms with Crippen LogP contribution in [0, 0.1) is 0 Å². The molecule has 0 bridgehead atoms. The molecule has 1 saturated heterocycles. The van der Waals surface area contributed by atoms with E-state index in [9.17, 15) is 13.6 Å². The molecule has 0 aliphatic carbocycles. The van der Waals surface area contributed by atoms with Crippen molar-refractivity contribution in [1.82, 2.24) is 20.3 Å². The first-order valence-corrected chi connectivity index (χ1v) is 10.5. The van der Waals surface area contributed by atoms with Gasteiger partial charge in [0.1, 0.15) is 29.8 Å². The monoisotopic (exact) mass is 432 g/mol. The molecule has 2 aromatic heterocycles. The van der Waals surface area contributed by atoms with Gasteiger partial charge < -0.3 is 15.0 Å². The van der Waals surface area contributed by atoms with Gasteiger partial charge in [-0.25, -0.2) is 28.5 Å². The highest BCUT2D eigenvalue weighted by Crippen LogP contribution is 2.39. The predicted octanol–water partition coefficient (Wildman–Crippen LogP) is 3.85. The molecule has 2 aromatic rings. The molecule has 1 fully saturated rings. The zero-order chi connectivity index (χ0) is 22.2. The Morgan fingerprint density at radius 2 is 2.06 bits per heavy atom. The van der Waals surface area contributed by atoms with Crippen LogP contribution in [-0.4, -0.2) is 46.7 Å². The lowest BCUT2D eigenvalue weighted by atomic mass is 10.00. The number of halogens is 2. The lowest BCUT2D eigenvalue weighted by Crippen LogP contribution is -2.51. The first-order chi connectivity index (χ1) is 14.8. The second-order valence-corrected chi connectivity index (χ2v) is 7.86. The minimum Gasteiger partial charge on any atom is -0.441 e. The summed E-state index contributed by atoms with van der Waals surface area (Å²) in [5.74, 6) is -2.24. The molecular formula is C21H26F2N6O2. The number of nitrogens with one attached hydrogen (secondary N) is 2. The van der Waals surface area contributed by atoms with Gasteiger partial charge in [0, 0.05) is 38.2 Å². The number of carbonyl (C=O) groups is 1. The van der Waals surface area contributed by atoms with Crippen LogP contribution < -0.4 is 15.5 Å². The highest BCUT2D eigenvalue weighted by Gasteiger charge is 2.33. The lowest BCUT2D eigenvalue weighted by molar-refractivity contribution is 0.0174. The molecule has 4 heterocycles. The molecule has 1 unspecified atom stereocenters. The Balaban J connectivity index is 1.88. The van der Waals surface area contributed by atoms with Gasteiger partial charge in [-0.1, -0.05) is 13.8 Å². The molecule has 4 rings (SSSR count). The first kappa shape index (κ1) is 21.4. The van der Waals surface area contributed by atoms with Crippen molar-refractivity contribution in [3.8, 4) is 11.4 Å². The van der Waals surface area contributed by atoms with E-state index in [1.165, 1.54) is 18.5 Å². The van der Waals surface area contributed by atoms with Crippen molar-refractivity contribution in [2.24, 2.45) is 0 Å². The molecular weight excluding hydrogens is 406 g/mol. The Hall–Kier alpha value is -2.88. The predicted molar refractivity (Wildman–Crippen MR) is 112 cm³/mol. The van der Waals surface area contributed by atoms with E-state index in [2.05, 4.69) is 32.4 Å². The lowest BCUT2D eigenvalue weighted by Gasteiger charge is -2.37. The fourth-order valence-electron chi connectivity index (χ4n) is 4.07. The second-order valence-electron chi connectivity index (χ2n) is 7.86. The van der Waals surface area contributed by atoms with Gasteiger partial charge in [0.25, 0.3) is 5.92 Å². The number of alkyl halides is 2. The van der Waals surface area contributed by atoms with E-state index in [1.807, 2.05) is 6.92 Å². The van der Waals surface area contributed by atoms with Crippen LogP contribution in [0.2, 0.25) is 0 Å². The summed E-state index contributed by atoms with van der Waals surface area (Å²) in [5.41, 5.74) is 1.10. The smallest absolute Gasteiger partial charge is 0.413 e. The van der Waals surface area contributed by atoms with Gasteiger partial charge >= 0.3 is 6.09 Å². The Labute approximate surface area is 179 Å². The molecule has 10 heteroatoms. The summed E-state index contributed by atoms with van der Waals surface area (Å²) >= 11 is 0. The fourth-order valence-corrected chi connectivity index (χ4v) is 4.07. The maximum atomic E-state index is 14.4. The Kier molecular flexibility index (Phi) is 5.74. The second kappa shape index (κ2) is 8.33. The normalized spacial score (nSPS) is 21.3. The number of ether oxygens (including phenoxy) is 1. The number of rotatable bonds is 5. The third-order valence-electron chi connectivity index (χ3n) is 5.72. The van der Waals surface area contributed by atoms with E-state index in [0.717, 1.165) is 26.4 Å². The van der Waals surface area contributed by atoms with Crippen molar-refractivity contribution in [3.63, 3.8) is 0 Å². The van der Waals surface area contributed by atoms with Crippen molar-refractivity contribution < 1.29 is 18.3 Å². The number of nitrogens with zero attached hydrogens (tertiary/aromatic N) is 4. The summed E-state index contributed by atoms with van der Waals surface area (Å²) in [6, 6.07) is 2.97. The molecule has 2 aliphatic heterocycles. The van der Waals surface area contributed by atoms with Crippen molar-refractivity contribution >= 4 is 17.7 Å². The van der Waals surface area contributed by atoms with E-state index in [-0.39, 0.29) is 11.6 Å². The van der Waals surface area contributed by atoms with Gasteiger partial charge in [-0.15, -0.1) is 0 Å². The van der Waals surface area contributed by atoms with Crippen molar-refractivity contribution in [2.45, 2.75) is 51.7 Å². The van der Waals surface area contributed by atoms with Crippen LogP contribution in [0.15, 0.2) is 18.5 Å². The first-order valence-electron chi connectivity index (χ1n) is 10.5. The molecule has 0 spiro atoms. The Morgan fingerprint density at radius 1 is 1.26 bits per heavy atom. The van der Waals surface area contributed by atoms with Gasteiger partial charge in [-0.3, -0.25) is 5.32 Å². The van der Waals surface area contributed by atoms with E-state index >= 15 is 0 Å². The average molecular weight is 432 g/mol. The third kappa shape index (κ3) is 4.16. The van der Waals surface area contributed by atoms with E-state index < -0.39 is 18.1 Å². The topological polar surface area (TPSA) is 92.3 Å². The van der Waals surface area contributed by atoms with Crippen molar-refractivity contribution in [1.29, 1.82) is 0 Å². The van der Waals surface area contributed by atoms with Crippen LogP contribution in [0.3, 0.4) is 0 Å². The molecule has 2 atom stereocenters. The number of cyclic esters (lactones) is 1. The molecule has 166 valence electrons. The largest absolute Gasteiger partial charge is 0.441 e. The molecule has 0 saturated carbocycles. The maximum absolute atomic E-state index is 14.4. The number of aromatic nitrogens is 3. The van der Waals surface area contributed by atoms with E-state index in [0.29, 0.717) is 41.6 Å². The SMILES string of the molecule is CCC1OC(=O)Nc2ncnc(-c3cc(C(C)(F)F)cc(N4CCNC[C@H]4CC)n3)c21. The van der Waals surface area contributed by atoms with Crippen LogP contribution in [0.1, 0.15) is 50.8 Å². The highest BCUT2D eigenvalue weighted by molar-refractivity contribution is 5.88. The van der Waals surface area contributed by atoms with Crippen LogP contribution in [0.5, 0.6) is 0 Å². The maximum Gasteiger partial charge on any atom is 0.413 e. The van der Waals surface area contributed by atoms with Gasteiger partial charge in [0.15, 0.2) is 0 Å². The molecule has 0 aromatic carbocycles. The molecule has 2 N–H and O–H groups in total. The minimum atomic E-state index is -3.05. The number of hydrogen-bond donors (Lipinski definition) is 2. The van der Waals surface area contributed by atoms with Crippen molar-refractivity contribution in [3.05, 3.63) is 29.6 Å².